The van der Waals surface area contributed by atoms with Crippen molar-refractivity contribution in [2.75, 3.05) is 13.1 Å². The van der Waals surface area contributed by atoms with Gasteiger partial charge in [-0.3, -0.25) is 0 Å². The maximum Gasteiger partial charge on any atom is 4.00 e. The Morgan fingerprint density at radius 1 is 0.690 bits per heavy atom. The van der Waals surface area contributed by atoms with Crippen molar-refractivity contribution in [3.63, 3.8) is 0 Å². The third-order valence-electron chi connectivity index (χ3n) is 4.27. The second-order valence-electron chi connectivity index (χ2n) is 6.05. The molecule has 0 atom stereocenters. The summed E-state index contributed by atoms with van der Waals surface area (Å²) in [4.78, 5) is 22.9. The molecule has 0 saturated carbocycles. The van der Waals surface area contributed by atoms with Gasteiger partial charge in [-0.2, -0.15) is 0 Å². The van der Waals surface area contributed by atoms with Crippen molar-refractivity contribution in [2.45, 2.75) is 41.5 Å². The molecule has 156 valence electrons. The summed E-state index contributed by atoms with van der Waals surface area (Å²) in [6, 6.07) is 11.4. The first-order valence-electron chi connectivity index (χ1n) is 8.89. The third-order valence-corrected chi connectivity index (χ3v) is 4.27. The number of amides is 2. The number of hydrogen-bond donors (Lipinski definition) is 0. The van der Waals surface area contributed by atoms with Gasteiger partial charge in [-0.05, 0) is 49.9 Å². The van der Waals surface area contributed by atoms with E-state index in [1.165, 1.54) is 0 Å². The smallest absolute Gasteiger partial charge is 1.00 e. The van der Waals surface area contributed by atoms with Gasteiger partial charge in [-0.1, -0.05) is 50.2 Å². The number of hydrogen-bond acceptors (Lipinski definition) is 2. The number of aryl methyl sites for hydroxylation is 2. The van der Waals surface area contributed by atoms with E-state index in [4.69, 9.17) is 0 Å². The zero-order valence-electron chi connectivity index (χ0n) is 17.8. The normalized spacial score (nSPS) is 8.76. The molecule has 2 aromatic carbocycles. The molecule has 0 aliphatic carbocycles. The molecule has 29 heavy (non-hydrogen) atoms. The summed E-state index contributed by atoms with van der Waals surface area (Å²) in [6.07, 6.45) is 0. The van der Waals surface area contributed by atoms with E-state index < -0.39 is 0 Å². The molecular formula is C22H28Cl2N2O2Zr. The fourth-order valence-corrected chi connectivity index (χ4v) is 2.42. The number of nitrogens with zero attached hydrogens (tertiary/aromatic N) is 2. The van der Waals surface area contributed by atoms with Crippen molar-refractivity contribution < 1.29 is 60.6 Å². The summed E-state index contributed by atoms with van der Waals surface area (Å²) in [5.74, 6) is -0.215. The van der Waals surface area contributed by atoms with Gasteiger partial charge >= 0.3 is 26.2 Å². The van der Waals surface area contributed by atoms with Crippen molar-refractivity contribution in [2.24, 2.45) is 0 Å². The van der Waals surface area contributed by atoms with Crippen LogP contribution < -0.4 is 24.8 Å². The average molecular weight is 515 g/mol. The van der Waals surface area contributed by atoms with Crippen LogP contribution in [0.5, 0.6) is 0 Å². The van der Waals surface area contributed by atoms with Crippen LogP contribution in [0.25, 0.3) is 10.6 Å². The first-order chi connectivity index (χ1) is 12.3. The number of rotatable bonds is 4. The second-order valence-corrected chi connectivity index (χ2v) is 6.05. The van der Waals surface area contributed by atoms with Gasteiger partial charge < -0.3 is 45.0 Å². The maximum absolute atomic E-state index is 11.5. The fraction of sp³-hybridized carbons (Fsp3) is 0.364. The van der Waals surface area contributed by atoms with Crippen LogP contribution in [0.1, 0.15) is 56.8 Å². The first kappa shape index (κ1) is 32.5. The topological polar surface area (TPSA) is 62.3 Å². The minimum atomic E-state index is -0.108. The molecule has 0 heterocycles. The van der Waals surface area contributed by atoms with Crippen LogP contribution in [0.15, 0.2) is 36.4 Å². The third kappa shape index (κ3) is 9.93. The SMILES string of the molecule is CC[N-]C(=O)c1cccc(C)c1C.CC[N-]C(=O)c1cccc(C)c1C.[Cl-].[Cl-].[Zr+4]. The van der Waals surface area contributed by atoms with Gasteiger partial charge in [0, 0.05) is 11.1 Å². The quantitative estimate of drug-likeness (QED) is 0.562. The van der Waals surface area contributed by atoms with Crippen LogP contribution in [0.4, 0.5) is 0 Å². The van der Waals surface area contributed by atoms with Crippen LogP contribution in [-0.2, 0) is 26.2 Å². The molecule has 2 amide bonds. The van der Waals surface area contributed by atoms with E-state index in [0.717, 1.165) is 33.4 Å². The van der Waals surface area contributed by atoms with E-state index in [0.29, 0.717) is 13.1 Å². The predicted octanol–water partition coefficient (Wildman–Crippen LogP) is -0.320. The van der Waals surface area contributed by atoms with Crippen molar-refractivity contribution in [3.05, 3.63) is 80.4 Å². The van der Waals surface area contributed by atoms with Gasteiger partial charge in [-0.25, -0.2) is 0 Å². The largest absolute Gasteiger partial charge is 4.00 e. The van der Waals surface area contributed by atoms with E-state index in [1.807, 2.05) is 77.9 Å². The zero-order valence-corrected chi connectivity index (χ0v) is 21.8. The molecular weight excluding hydrogens is 486 g/mol. The molecule has 2 aromatic rings. The molecule has 4 nitrogen and oxygen atoms in total. The van der Waals surface area contributed by atoms with Gasteiger partial charge in [-0.15, -0.1) is 13.1 Å². The maximum atomic E-state index is 11.5. The molecule has 0 radical (unpaired) electrons. The van der Waals surface area contributed by atoms with Crippen molar-refractivity contribution in [1.29, 1.82) is 0 Å². The average Bonchev–Trinajstić information content (AvgIpc) is 2.60. The summed E-state index contributed by atoms with van der Waals surface area (Å²) in [6.45, 7) is 12.7. The van der Waals surface area contributed by atoms with Crippen molar-refractivity contribution >= 4 is 11.8 Å². The van der Waals surface area contributed by atoms with E-state index >= 15 is 0 Å². The fourth-order valence-electron chi connectivity index (χ4n) is 2.42. The van der Waals surface area contributed by atoms with Gasteiger partial charge in [0.25, 0.3) is 0 Å². The number of halogens is 2. The van der Waals surface area contributed by atoms with E-state index in [9.17, 15) is 9.59 Å². The molecule has 7 heteroatoms. The summed E-state index contributed by atoms with van der Waals surface area (Å²) in [5.41, 5.74) is 5.78. The van der Waals surface area contributed by atoms with E-state index in [1.54, 1.807) is 0 Å². The molecule has 0 saturated heterocycles. The molecule has 0 unspecified atom stereocenters. The Hall–Kier alpha value is -1.16. The number of carbonyl (C=O) groups excluding carboxylic acids is 2. The molecule has 0 fully saturated rings. The van der Waals surface area contributed by atoms with Gasteiger partial charge in [0.1, 0.15) is 0 Å². The minimum Gasteiger partial charge on any atom is -1.00 e. The number of carbonyl (C=O) groups is 2. The molecule has 0 aromatic heterocycles. The standard InChI is InChI=1S/2C11H15NO.2ClH.Zr/c2*1-4-12-11(13)10-7-5-6-8(2)9(10)3;;;/h2*5-7H,4H2,1-3H3,(H,12,13);2*1H;/q;;;;+4/p-4. The van der Waals surface area contributed by atoms with Gasteiger partial charge in [0.15, 0.2) is 0 Å². The van der Waals surface area contributed by atoms with Crippen LogP contribution in [0.2, 0.25) is 0 Å². The molecule has 0 bridgehead atoms. The Bertz CT molecular complexity index is 718. The Morgan fingerprint density at radius 2 is 1.00 bits per heavy atom. The molecule has 0 spiro atoms. The summed E-state index contributed by atoms with van der Waals surface area (Å²) < 4.78 is 0. The summed E-state index contributed by atoms with van der Waals surface area (Å²) in [5, 5.41) is 7.72. The summed E-state index contributed by atoms with van der Waals surface area (Å²) in [7, 11) is 0. The molecule has 0 N–H and O–H groups in total. The second kappa shape index (κ2) is 16.6. The molecule has 0 aliphatic heterocycles. The Kier molecular flexibility index (Phi) is 18.6. The van der Waals surface area contributed by atoms with Crippen molar-refractivity contribution in [3.8, 4) is 0 Å². The van der Waals surface area contributed by atoms with Gasteiger partial charge in [0.2, 0.25) is 0 Å². The minimum absolute atomic E-state index is 0. The van der Waals surface area contributed by atoms with Crippen LogP contribution in [-0.4, -0.2) is 24.9 Å². The number of benzene rings is 2. The summed E-state index contributed by atoms with van der Waals surface area (Å²) >= 11 is 0. The van der Waals surface area contributed by atoms with E-state index in [2.05, 4.69) is 10.6 Å². The van der Waals surface area contributed by atoms with Crippen LogP contribution in [0, 0.1) is 27.7 Å². The Morgan fingerprint density at radius 3 is 1.28 bits per heavy atom. The first-order valence-corrected chi connectivity index (χ1v) is 8.89. The monoisotopic (exact) mass is 512 g/mol. The Labute approximate surface area is 206 Å². The van der Waals surface area contributed by atoms with E-state index in [-0.39, 0.29) is 62.8 Å². The van der Waals surface area contributed by atoms with Gasteiger partial charge in [0.05, 0.1) is 11.8 Å². The van der Waals surface area contributed by atoms with Crippen LogP contribution >= 0.6 is 0 Å². The Balaban J connectivity index is -0.000000422. The van der Waals surface area contributed by atoms with Crippen molar-refractivity contribution in [1.82, 2.24) is 0 Å². The zero-order chi connectivity index (χ0) is 19.7. The predicted molar refractivity (Wildman–Crippen MR) is 108 cm³/mol. The molecule has 2 rings (SSSR count). The molecule has 0 aliphatic rings. The van der Waals surface area contributed by atoms with Crippen LogP contribution in [0.3, 0.4) is 0 Å².